The van der Waals surface area contributed by atoms with Crippen LogP contribution in [0.1, 0.15) is 33.3 Å². The molecule has 2 fully saturated rings. The minimum Gasteiger partial charge on any atom is -0.324 e. The van der Waals surface area contributed by atoms with Gasteiger partial charge in [-0.05, 0) is 45.9 Å². The van der Waals surface area contributed by atoms with Crippen molar-refractivity contribution in [2.24, 2.45) is 11.8 Å². The number of anilines is 1. The van der Waals surface area contributed by atoms with E-state index in [-0.39, 0.29) is 23.8 Å². The molecular weight excluding hydrogens is 386 g/mol. The van der Waals surface area contributed by atoms with Gasteiger partial charge in [0, 0.05) is 27.3 Å². The first kappa shape index (κ1) is 16.7. The quantitative estimate of drug-likeness (QED) is 0.646. The third-order valence-corrected chi connectivity index (χ3v) is 5.99. The number of hydrogen-bond acceptors (Lipinski definition) is 4. The predicted molar refractivity (Wildman–Crippen MR) is 95.6 cm³/mol. The number of benzene rings is 1. The molecule has 0 aromatic heterocycles. The Balaban J connectivity index is 1.92. The van der Waals surface area contributed by atoms with Gasteiger partial charge in [0.05, 0.1) is 11.8 Å². The molecule has 0 unspecified atom stereocenters. The summed E-state index contributed by atoms with van der Waals surface area (Å²) < 4.78 is 0.824. The smallest absolute Gasteiger partial charge is 0.250 e. The zero-order chi connectivity index (χ0) is 18.3. The van der Waals surface area contributed by atoms with Gasteiger partial charge in [-0.2, -0.15) is 0 Å². The first-order valence-electron chi connectivity index (χ1n) is 8.36. The molecule has 1 spiro atoms. The van der Waals surface area contributed by atoms with Crippen LogP contribution in [-0.4, -0.2) is 34.2 Å². The van der Waals surface area contributed by atoms with Gasteiger partial charge in [0.1, 0.15) is 5.54 Å². The lowest BCUT2D eigenvalue weighted by molar-refractivity contribution is -0.147. The van der Waals surface area contributed by atoms with Crippen LogP contribution in [0.15, 0.2) is 22.7 Å². The van der Waals surface area contributed by atoms with E-state index in [9.17, 15) is 14.4 Å². The monoisotopic (exact) mass is 405 g/mol. The number of rotatable bonds is 0. The molecule has 2 N–H and O–H groups in total. The molecule has 0 bridgehead atoms. The average Bonchev–Trinajstić information content (AvgIpc) is 3.04. The van der Waals surface area contributed by atoms with E-state index < -0.39 is 22.9 Å². The molecule has 4 atom stereocenters. The lowest BCUT2D eigenvalue weighted by Crippen LogP contribution is -2.55. The van der Waals surface area contributed by atoms with Crippen LogP contribution in [0.2, 0.25) is 0 Å². The van der Waals surface area contributed by atoms with Crippen molar-refractivity contribution in [1.82, 2.24) is 10.2 Å². The van der Waals surface area contributed by atoms with Gasteiger partial charge in [0.25, 0.3) is 0 Å². The second kappa shape index (κ2) is 4.92. The normalized spacial score (nSPS) is 33.9. The highest BCUT2D eigenvalue weighted by Crippen LogP contribution is 2.54. The third-order valence-electron chi connectivity index (χ3n) is 5.50. The molecule has 7 heteroatoms. The molecule has 1 aromatic rings. The number of nitrogens with zero attached hydrogens (tertiary/aromatic N) is 1. The molecule has 132 valence electrons. The molecular formula is C18H20BrN3O3. The Morgan fingerprint density at radius 2 is 1.84 bits per heavy atom. The average molecular weight is 406 g/mol. The highest BCUT2D eigenvalue weighted by molar-refractivity contribution is 9.10. The van der Waals surface area contributed by atoms with Crippen molar-refractivity contribution in [1.29, 1.82) is 0 Å². The number of fused-ring (bicyclic) bond motifs is 4. The molecule has 0 saturated carbocycles. The zero-order valence-corrected chi connectivity index (χ0v) is 16.1. The molecule has 3 aliphatic heterocycles. The van der Waals surface area contributed by atoms with Crippen molar-refractivity contribution in [3.8, 4) is 0 Å². The van der Waals surface area contributed by atoms with Gasteiger partial charge in [0.15, 0.2) is 0 Å². The van der Waals surface area contributed by atoms with E-state index in [0.29, 0.717) is 5.69 Å². The summed E-state index contributed by atoms with van der Waals surface area (Å²) >= 11 is 3.44. The van der Waals surface area contributed by atoms with Crippen LogP contribution in [0, 0.1) is 11.8 Å². The molecule has 6 nitrogen and oxygen atoms in total. The molecule has 25 heavy (non-hydrogen) atoms. The fourth-order valence-corrected chi connectivity index (χ4v) is 4.96. The minimum atomic E-state index is -1.20. The number of carbonyl (C=O) groups excluding carboxylic acids is 3. The summed E-state index contributed by atoms with van der Waals surface area (Å²) in [6.07, 6.45) is 0. The topological polar surface area (TPSA) is 78.5 Å². The van der Waals surface area contributed by atoms with Gasteiger partial charge in [-0.1, -0.05) is 15.9 Å². The molecule has 3 aliphatic rings. The van der Waals surface area contributed by atoms with Gasteiger partial charge >= 0.3 is 0 Å². The van der Waals surface area contributed by atoms with Gasteiger partial charge in [-0.15, -0.1) is 0 Å². The Morgan fingerprint density at radius 1 is 1.16 bits per heavy atom. The number of likely N-dealkylation sites (tertiary alicyclic amines) is 1. The number of imide groups is 1. The van der Waals surface area contributed by atoms with Crippen molar-refractivity contribution in [3.05, 3.63) is 28.2 Å². The SMILES string of the molecule is C[C@@H]1N[C@]2(C(=O)Nc3ccc(Br)cc32)[C@@H]2C(=O)N(C(C)(C)C)C(=O)[C@H]12. The maximum atomic E-state index is 13.3. The standard InChI is InChI=1S/C18H20BrN3O3/c1-8-12-13(15(24)22(14(12)23)17(2,3)4)18(21-8)10-7-9(19)5-6-11(10)20-16(18)25/h5-8,12-13,21H,1-4H3,(H,20,25)/t8-,12+,13-,18-/m0/s1. The van der Waals surface area contributed by atoms with E-state index in [4.69, 9.17) is 0 Å². The van der Waals surface area contributed by atoms with Crippen LogP contribution in [0.25, 0.3) is 0 Å². The third kappa shape index (κ3) is 1.96. The van der Waals surface area contributed by atoms with E-state index in [1.54, 1.807) is 0 Å². The minimum absolute atomic E-state index is 0.198. The summed E-state index contributed by atoms with van der Waals surface area (Å²) in [5.41, 5.74) is -0.406. The number of hydrogen-bond donors (Lipinski definition) is 2. The molecule has 2 saturated heterocycles. The van der Waals surface area contributed by atoms with E-state index in [0.717, 1.165) is 10.0 Å². The number of halogens is 1. The largest absolute Gasteiger partial charge is 0.324 e. The Labute approximate surface area is 154 Å². The number of amides is 3. The molecule has 3 heterocycles. The Bertz CT molecular complexity index is 831. The maximum absolute atomic E-state index is 13.3. The van der Waals surface area contributed by atoms with Gasteiger partial charge in [-0.25, -0.2) is 0 Å². The highest BCUT2D eigenvalue weighted by Gasteiger charge is 2.70. The molecule has 0 radical (unpaired) electrons. The summed E-state index contributed by atoms with van der Waals surface area (Å²) in [7, 11) is 0. The first-order valence-corrected chi connectivity index (χ1v) is 9.15. The van der Waals surface area contributed by atoms with Crippen LogP contribution in [0.3, 0.4) is 0 Å². The first-order chi connectivity index (χ1) is 11.6. The predicted octanol–water partition coefficient (Wildman–Crippen LogP) is 1.99. The Kier molecular flexibility index (Phi) is 3.29. The maximum Gasteiger partial charge on any atom is 0.250 e. The van der Waals surface area contributed by atoms with E-state index in [1.807, 2.05) is 45.9 Å². The lowest BCUT2D eigenvalue weighted by atomic mass is 9.76. The van der Waals surface area contributed by atoms with Crippen molar-refractivity contribution in [3.63, 3.8) is 0 Å². The summed E-state index contributed by atoms with van der Waals surface area (Å²) in [5, 5.41) is 6.17. The van der Waals surface area contributed by atoms with Gasteiger partial charge in [0.2, 0.25) is 17.7 Å². The number of nitrogens with one attached hydrogen (secondary N) is 2. The molecule has 3 amide bonds. The van der Waals surface area contributed by atoms with Crippen LogP contribution >= 0.6 is 15.9 Å². The molecule has 4 rings (SSSR count). The zero-order valence-electron chi connectivity index (χ0n) is 14.5. The molecule has 1 aromatic carbocycles. The molecule has 0 aliphatic carbocycles. The van der Waals surface area contributed by atoms with Crippen molar-refractivity contribution in [2.45, 2.75) is 44.8 Å². The van der Waals surface area contributed by atoms with Crippen molar-refractivity contribution >= 4 is 39.3 Å². The van der Waals surface area contributed by atoms with Crippen LogP contribution in [0.5, 0.6) is 0 Å². The van der Waals surface area contributed by atoms with E-state index in [1.165, 1.54) is 4.90 Å². The fourth-order valence-electron chi connectivity index (χ4n) is 4.60. The van der Waals surface area contributed by atoms with Gasteiger partial charge < -0.3 is 5.32 Å². The summed E-state index contributed by atoms with van der Waals surface area (Å²) in [6, 6.07) is 5.24. The second-order valence-electron chi connectivity index (χ2n) is 8.07. The highest BCUT2D eigenvalue weighted by atomic mass is 79.9. The van der Waals surface area contributed by atoms with E-state index >= 15 is 0 Å². The van der Waals surface area contributed by atoms with Gasteiger partial charge in [-0.3, -0.25) is 24.6 Å². The lowest BCUT2D eigenvalue weighted by Gasteiger charge is -2.34. The van der Waals surface area contributed by atoms with Crippen molar-refractivity contribution in [2.75, 3.05) is 5.32 Å². The van der Waals surface area contributed by atoms with Crippen molar-refractivity contribution < 1.29 is 14.4 Å². The summed E-state index contributed by atoms with van der Waals surface area (Å²) in [5.74, 6) is -2.01. The Morgan fingerprint density at radius 3 is 2.48 bits per heavy atom. The van der Waals surface area contributed by atoms with E-state index in [2.05, 4.69) is 26.6 Å². The van der Waals surface area contributed by atoms with Crippen LogP contribution in [0.4, 0.5) is 5.69 Å². The summed E-state index contributed by atoms with van der Waals surface area (Å²) in [4.78, 5) is 40.6. The number of carbonyl (C=O) groups is 3. The Hall–Kier alpha value is -1.73. The van der Waals surface area contributed by atoms with Crippen LogP contribution in [-0.2, 0) is 19.9 Å². The fraction of sp³-hybridized carbons (Fsp3) is 0.500. The van der Waals surface area contributed by atoms with Crippen LogP contribution < -0.4 is 10.6 Å². The second-order valence-corrected chi connectivity index (χ2v) is 8.99. The summed E-state index contributed by atoms with van der Waals surface area (Å²) in [6.45, 7) is 7.39.